The zero-order valence-corrected chi connectivity index (χ0v) is 26.7. The van der Waals surface area contributed by atoms with Crippen molar-refractivity contribution in [2.75, 3.05) is 0 Å². The quantitative estimate of drug-likeness (QED) is 0.229. The highest BCUT2D eigenvalue weighted by Gasteiger charge is 2.12. The molecular formula is C36H60O2. The zero-order valence-electron chi connectivity index (χ0n) is 26.7. The second kappa shape index (κ2) is 25.1. The van der Waals surface area contributed by atoms with E-state index in [4.69, 9.17) is 0 Å². The molecule has 0 amide bonds. The van der Waals surface area contributed by atoms with Crippen LogP contribution >= 0.6 is 0 Å². The molecule has 38 heavy (non-hydrogen) atoms. The fraction of sp³-hybridized carbons (Fsp3) is 0.611. The van der Waals surface area contributed by atoms with Gasteiger partial charge in [0.05, 0.1) is 0 Å². The van der Waals surface area contributed by atoms with Crippen molar-refractivity contribution in [1.29, 1.82) is 0 Å². The third-order valence-electron chi connectivity index (χ3n) is 6.30. The molecule has 0 atom stereocenters. The molecule has 0 heterocycles. The van der Waals surface area contributed by atoms with E-state index in [1.807, 2.05) is 13.8 Å². The summed E-state index contributed by atoms with van der Waals surface area (Å²) < 4.78 is 0. The van der Waals surface area contributed by atoms with E-state index in [-0.39, 0.29) is 11.6 Å². The maximum Gasteiger partial charge on any atom is 0.162 e. The molecule has 1 fully saturated rings. The Hall–Kier alpha value is -2.22. The molecule has 1 aliphatic rings. The van der Waals surface area contributed by atoms with E-state index >= 15 is 0 Å². The van der Waals surface area contributed by atoms with Crippen LogP contribution in [0.1, 0.15) is 151 Å². The molecule has 1 aliphatic carbocycles. The van der Waals surface area contributed by atoms with Gasteiger partial charge in [0.1, 0.15) is 0 Å². The molecule has 2 aromatic rings. The first-order valence-electron chi connectivity index (χ1n) is 15.3. The lowest BCUT2D eigenvalue weighted by atomic mass is 10.0. The minimum atomic E-state index is 0.0301. The van der Waals surface area contributed by atoms with Gasteiger partial charge in [-0.3, -0.25) is 9.59 Å². The van der Waals surface area contributed by atoms with E-state index in [0.29, 0.717) is 17.5 Å². The van der Waals surface area contributed by atoms with Gasteiger partial charge in [0.15, 0.2) is 11.6 Å². The Morgan fingerprint density at radius 2 is 1.21 bits per heavy atom. The van der Waals surface area contributed by atoms with E-state index in [1.165, 1.54) is 63.0 Å². The highest BCUT2D eigenvalue weighted by Crippen LogP contribution is 2.26. The molecule has 2 heteroatoms. The average molecular weight is 525 g/mol. The predicted molar refractivity (Wildman–Crippen MR) is 170 cm³/mol. The van der Waals surface area contributed by atoms with Crippen LogP contribution in [-0.2, 0) is 0 Å². The molecule has 0 spiro atoms. The Bertz CT molecular complexity index is 808. The minimum absolute atomic E-state index is 0.0301. The zero-order chi connectivity index (χ0) is 29.3. The van der Waals surface area contributed by atoms with Crippen LogP contribution in [0.15, 0.2) is 48.5 Å². The number of ketones is 2. The van der Waals surface area contributed by atoms with E-state index < -0.39 is 0 Å². The summed E-state index contributed by atoms with van der Waals surface area (Å²) in [5.41, 5.74) is 4.09. The van der Waals surface area contributed by atoms with Gasteiger partial charge in [-0.05, 0) is 50.2 Å². The standard InChI is InChI=1S/C13H16O2.C9H20.C8H10.C4H8.C2H6/c1-3-4-5-13(15)12-8-6-11(7-9-12)10(2)14;1-4-5-6-7-8-9(2)3;1-7-5-3-4-6-8(7)2;1-4-2-3-4;1-2/h6-9H,3-5H2,1-2H3;9H,4-8H2,1-3H3;3-6H,1-2H3;4H,2-3H2,1H3;1-2H3. The molecule has 2 aromatic carbocycles. The molecule has 0 radical (unpaired) electrons. The number of carbonyl (C=O) groups is 2. The highest BCUT2D eigenvalue weighted by molar-refractivity contribution is 5.98. The normalized spacial score (nSPS) is 11.3. The molecule has 1 saturated carbocycles. The summed E-state index contributed by atoms with van der Waals surface area (Å²) >= 11 is 0. The van der Waals surface area contributed by atoms with Crippen LogP contribution < -0.4 is 0 Å². The van der Waals surface area contributed by atoms with Gasteiger partial charge in [-0.15, -0.1) is 0 Å². The monoisotopic (exact) mass is 524 g/mol. The topological polar surface area (TPSA) is 34.1 Å². The van der Waals surface area contributed by atoms with Crippen LogP contribution in [0.5, 0.6) is 0 Å². The van der Waals surface area contributed by atoms with Gasteiger partial charge in [-0.25, -0.2) is 0 Å². The summed E-state index contributed by atoms with van der Waals surface area (Å²) in [6.07, 6.45) is 12.6. The number of rotatable bonds is 10. The SMILES string of the molecule is CC.CC1CC1.CCCCC(=O)c1ccc(C(C)=O)cc1.CCCCCCC(C)C.Cc1ccccc1C. The van der Waals surface area contributed by atoms with Crippen LogP contribution in [0.3, 0.4) is 0 Å². The molecule has 0 aromatic heterocycles. The number of hydrogen-bond donors (Lipinski definition) is 0. The van der Waals surface area contributed by atoms with Crippen molar-refractivity contribution in [2.45, 2.75) is 133 Å². The van der Waals surface area contributed by atoms with Crippen LogP contribution in [-0.4, -0.2) is 11.6 Å². The number of benzene rings is 2. The van der Waals surface area contributed by atoms with Crippen molar-refractivity contribution in [3.8, 4) is 0 Å². The van der Waals surface area contributed by atoms with Crippen LogP contribution in [0.25, 0.3) is 0 Å². The first kappa shape index (κ1) is 37.9. The Morgan fingerprint density at radius 1 is 0.763 bits per heavy atom. The first-order chi connectivity index (χ1) is 18.1. The van der Waals surface area contributed by atoms with Crippen molar-refractivity contribution in [1.82, 2.24) is 0 Å². The summed E-state index contributed by atoms with van der Waals surface area (Å²) in [6.45, 7) is 21.0. The predicted octanol–water partition coefficient (Wildman–Crippen LogP) is 11.6. The lowest BCUT2D eigenvalue weighted by Gasteiger charge is -2.01. The Labute approximate surface area is 237 Å². The maximum absolute atomic E-state index is 11.6. The van der Waals surface area contributed by atoms with E-state index in [2.05, 4.69) is 72.7 Å². The Morgan fingerprint density at radius 3 is 1.55 bits per heavy atom. The van der Waals surface area contributed by atoms with Crippen molar-refractivity contribution in [2.24, 2.45) is 11.8 Å². The van der Waals surface area contributed by atoms with Crippen LogP contribution in [0.4, 0.5) is 0 Å². The van der Waals surface area contributed by atoms with Gasteiger partial charge >= 0.3 is 0 Å². The average Bonchev–Trinajstić information content (AvgIpc) is 3.71. The summed E-state index contributed by atoms with van der Waals surface area (Å²) in [7, 11) is 0. The summed E-state index contributed by atoms with van der Waals surface area (Å²) in [5.74, 6) is 2.18. The van der Waals surface area contributed by atoms with Gasteiger partial charge in [0.25, 0.3) is 0 Å². The van der Waals surface area contributed by atoms with Crippen molar-refractivity contribution in [3.63, 3.8) is 0 Å². The summed E-state index contributed by atoms with van der Waals surface area (Å²) in [4.78, 5) is 22.6. The van der Waals surface area contributed by atoms with Crippen LogP contribution in [0, 0.1) is 25.7 Å². The number of unbranched alkanes of at least 4 members (excludes halogenated alkanes) is 4. The van der Waals surface area contributed by atoms with E-state index in [1.54, 1.807) is 24.3 Å². The van der Waals surface area contributed by atoms with Crippen molar-refractivity contribution in [3.05, 3.63) is 70.8 Å². The summed E-state index contributed by atoms with van der Waals surface area (Å²) in [6, 6.07) is 15.2. The third kappa shape index (κ3) is 22.9. The third-order valence-corrected chi connectivity index (χ3v) is 6.30. The van der Waals surface area contributed by atoms with Crippen molar-refractivity contribution >= 4 is 11.6 Å². The molecular weight excluding hydrogens is 464 g/mol. The number of carbonyl (C=O) groups excluding carboxylic acids is 2. The molecule has 3 rings (SSSR count). The van der Waals surface area contributed by atoms with E-state index in [0.717, 1.165) is 24.7 Å². The Balaban J connectivity index is 0. The van der Waals surface area contributed by atoms with Gasteiger partial charge in [-0.1, -0.05) is 148 Å². The molecule has 216 valence electrons. The number of Topliss-reactive ketones (excluding diaryl/α,β-unsaturated/α-hetero) is 2. The lowest BCUT2D eigenvalue weighted by Crippen LogP contribution is -2.00. The molecule has 0 N–H and O–H groups in total. The molecule has 0 saturated heterocycles. The Kier molecular flexibility index (Phi) is 25.0. The van der Waals surface area contributed by atoms with Gasteiger partial charge in [-0.2, -0.15) is 0 Å². The largest absolute Gasteiger partial charge is 0.295 e. The number of aryl methyl sites for hydroxylation is 2. The van der Waals surface area contributed by atoms with Crippen LogP contribution in [0.2, 0.25) is 0 Å². The van der Waals surface area contributed by atoms with Gasteiger partial charge < -0.3 is 0 Å². The minimum Gasteiger partial charge on any atom is -0.295 e. The fourth-order valence-corrected chi connectivity index (χ4v) is 3.18. The highest BCUT2D eigenvalue weighted by atomic mass is 16.1. The second-order valence-corrected chi connectivity index (χ2v) is 10.7. The van der Waals surface area contributed by atoms with E-state index in [9.17, 15) is 9.59 Å². The van der Waals surface area contributed by atoms with Crippen molar-refractivity contribution < 1.29 is 9.59 Å². The summed E-state index contributed by atoms with van der Waals surface area (Å²) in [5, 5.41) is 0. The smallest absolute Gasteiger partial charge is 0.162 e. The molecule has 2 nitrogen and oxygen atoms in total. The van der Waals surface area contributed by atoms with Gasteiger partial charge in [0.2, 0.25) is 0 Å². The molecule has 0 aliphatic heterocycles. The molecule has 0 unspecified atom stereocenters. The maximum atomic E-state index is 11.6. The second-order valence-electron chi connectivity index (χ2n) is 10.7. The molecule has 0 bridgehead atoms. The van der Waals surface area contributed by atoms with Gasteiger partial charge in [0, 0.05) is 17.5 Å². The number of hydrogen-bond acceptors (Lipinski definition) is 2. The first-order valence-corrected chi connectivity index (χ1v) is 15.3. The fourth-order valence-electron chi connectivity index (χ4n) is 3.18. The lowest BCUT2D eigenvalue weighted by molar-refractivity contribution is 0.0976.